The first-order valence-electron chi connectivity index (χ1n) is 4.71. The number of epoxide rings is 1. The van der Waals surface area contributed by atoms with Crippen molar-refractivity contribution in [1.29, 1.82) is 0 Å². The van der Waals surface area contributed by atoms with Crippen LogP contribution in [0.2, 0.25) is 0 Å². The Labute approximate surface area is 73.9 Å². The first kappa shape index (κ1) is 8.52. The van der Waals surface area contributed by atoms with Gasteiger partial charge in [-0.2, -0.15) is 0 Å². The highest BCUT2D eigenvalue weighted by atomic mass is 16.6. The fraction of sp³-hybridized carbons (Fsp3) is 1.00. The molecule has 0 aromatic heterocycles. The second kappa shape index (κ2) is 1.88. The molecule has 3 atom stereocenters. The molecule has 0 bridgehead atoms. The van der Waals surface area contributed by atoms with Crippen molar-refractivity contribution in [3.8, 4) is 0 Å². The quantitative estimate of drug-likeness (QED) is 0.561. The molecule has 0 amide bonds. The Hall–Kier alpha value is -0.0800. The molecule has 0 unspecified atom stereocenters. The molecule has 2 aliphatic rings. The minimum absolute atomic E-state index is 0.0764. The highest BCUT2D eigenvalue weighted by Crippen LogP contribution is 2.61. The Morgan fingerprint density at radius 1 is 1.42 bits per heavy atom. The molecule has 2 nitrogen and oxygen atoms in total. The predicted molar refractivity (Wildman–Crippen MR) is 46.9 cm³/mol. The van der Waals surface area contributed by atoms with E-state index in [0.29, 0.717) is 6.10 Å². The average molecular weight is 170 g/mol. The summed E-state index contributed by atoms with van der Waals surface area (Å²) in [6.07, 6.45) is 2.23. The van der Waals surface area contributed by atoms with E-state index in [9.17, 15) is 5.11 Å². The van der Waals surface area contributed by atoms with Gasteiger partial charge >= 0.3 is 0 Å². The number of ether oxygens (including phenoxy) is 1. The summed E-state index contributed by atoms with van der Waals surface area (Å²) < 4.78 is 5.53. The van der Waals surface area contributed by atoms with Crippen LogP contribution in [0.4, 0.5) is 0 Å². The van der Waals surface area contributed by atoms with Crippen LogP contribution >= 0.6 is 0 Å². The SMILES string of the molecule is CC(C)(C)[C@]1(O)CC[C@H]2O[C@]21C. The van der Waals surface area contributed by atoms with Crippen LogP contribution in [0.5, 0.6) is 0 Å². The maximum absolute atomic E-state index is 10.5. The van der Waals surface area contributed by atoms with E-state index in [0.717, 1.165) is 12.8 Å². The maximum Gasteiger partial charge on any atom is 0.121 e. The van der Waals surface area contributed by atoms with Gasteiger partial charge in [-0.3, -0.25) is 0 Å². The highest BCUT2D eigenvalue weighted by molar-refractivity contribution is 5.22. The van der Waals surface area contributed by atoms with E-state index in [4.69, 9.17) is 4.74 Å². The molecule has 0 spiro atoms. The van der Waals surface area contributed by atoms with Crippen LogP contribution in [-0.2, 0) is 4.74 Å². The summed E-state index contributed by atoms with van der Waals surface area (Å²) in [7, 11) is 0. The lowest BCUT2D eigenvalue weighted by Gasteiger charge is -2.41. The molecule has 1 saturated carbocycles. The molecular formula is C10H18O2. The normalized spacial score (nSPS) is 52.2. The molecule has 1 heterocycles. The Bertz CT molecular complexity index is 216. The Balaban J connectivity index is 2.33. The summed E-state index contributed by atoms with van der Waals surface area (Å²) in [4.78, 5) is 0. The molecule has 70 valence electrons. The topological polar surface area (TPSA) is 32.8 Å². The van der Waals surface area contributed by atoms with Crippen molar-refractivity contribution in [2.45, 2.75) is 57.8 Å². The van der Waals surface area contributed by atoms with Gasteiger partial charge in [-0.15, -0.1) is 0 Å². The predicted octanol–water partition coefficient (Wildman–Crippen LogP) is 1.71. The third-order valence-electron chi connectivity index (χ3n) is 3.77. The molecule has 0 aromatic carbocycles. The van der Waals surface area contributed by atoms with Crippen LogP contribution < -0.4 is 0 Å². The zero-order valence-electron chi connectivity index (χ0n) is 8.35. The summed E-state index contributed by atoms with van der Waals surface area (Å²) in [5, 5.41) is 10.5. The highest BCUT2D eigenvalue weighted by Gasteiger charge is 2.72. The van der Waals surface area contributed by atoms with Crippen LogP contribution in [0.25, 0.3) is 0 Å². The first-order chi connectivity index (χ1) is 5.31. The van der Waals surface area contributed by atoms with E-state index in [2.05, 4.69) is 20.8 Å². The molecule has 1 aliphatic carbocycles. The van der Waals surface area contributed by atoms with Gasteiger partial charge in [0, 0.05) is 0 Å². The van der Waals surface area contributed by atoms with Crippen LogP contribution in [-0.4, -0.2) is 22.4 Å². The van der Waals surface area contributed by atoms with Crippen molar-refractivity contribution in [1.82, 2.24) is 0 Å². The number of hydrogen-bond acceptors (Lipinski definition) is 2. The third kappa shape index (κ3) is 0.728. The van der Waals surface area contributed by atoms with Crippen molar-refractivity contribution in [3.05, 3.63) is 0 Å². The molecule has 2 rings (SSSR count). The second-order valence-electron chi connectivity index (χ2n) is 5.36. The number of fused-ring (bicyclic) bond motifs is 1. The van der Waals surface area contributed by atoms with Crippen LogP contribution in [0.3, 0.4) is 0 Å². The third-order valence-corrected chi connectivity index (χ3v) is 3.77. The summed E-state index contributed by atoms with van der Waals surface area (Å²) in [6, 6.07) is 0. The van der Waals surface area contributed by atoms with Crippen molar-refractivity contribution in [2.24, 2.45) is 5.41 Å². The van der Waals surface area contributed by atoms with E-state index in [1.165, 1.54) is 0 Å². The van der Waals surface area contributed by atoms with Gasteiger partial charge < -0.3 is 9.84 Å². The molecule has 0 radical (unpaired) electrons. The maximum atomic E-state index is 10.5. The summed E-state index contributed by atoms with van der Waals surface area (Å²) in [5.41, 5.74) is -0.942. The zero-order valence-corrected chi connectivity index (χ0v) is 8.35. The van der Waals surface area contributed by atoms with Gasteiger partial charge in [-0.1, -0.05) is 20.8 Å². The largest absolute Gasteiger partial charge is 0.386 e. The first-order valence-corrected chi connectivity index (χ1v) is 4.71. The van der Waals surface area contributed by atoms with Gasteiger partial charge in [0.05, 0.1) is 6.10 Å². The lowest BCUT2D eigenvalue weighted by atomic mass is 9.70. The second-order valence-corrected chi connectivity index (χ2v) is 5.36. The molecule has 1 aliphatic heterocycles. The van der Waals surface area contributed by atoms with Gasteiger partial charge in [-0.25, -0.2) is 0 Å². The molecule has 2 fully saturated rings. The van der Waals surface area contributed by atoms with Gasteiger partial charge in [0.25, 0.3) is 0 Å². The average Bonchev–Trinajstić information content (AvgIpc) is 2.49. The van der Waals surface area contributed by atoms with Gasteiger partial charge in [0.1, 0.15) is 11.2 Å². The van der Waals surface area contributed by atoms with Crippen molar-refractivity contribution < 1.29 is 9.84 Å². The summed E-state index contributed by atoms with van der Waals surface area (Å²) >= 11 is 0. The van der Waals surface area contributed by atoms with Crippen molar-refractivity contribution in [3.63, 3.8) is 0 Å². The van der Waals surface area contributed by atoms with Crippen molar-refractivity contribution in [2.75, 3.05) is 0 Å². The zero-order chi connectivity index (χ0) is 9.20. The lowest BCUT2D eigenvalue weighted by Crippen LogP contribution is -2.51. The van der Waals surface area contributed by atoms with Crippen LogP contribution in [0.1, 0.15) is 40.5 Å². The van der Waals surface area contributed by atoms with E-state index in [-0.39, 0.29) is 11.0 Å². The summed E-state index contributed by atoms with van der Waals surface area (Å²) in [5.74, 6) is 0. The molecule has 1 N–H and O–H groups in total. The Morgan fingerprint density at radius 2 is 2.00 bits per heavy atom. The molecule has 2 heteroatoms. The fourth-order valence-electron chi connectivity index (χ4n) is 2.67. The fourth-order valence-corrected chi connectivity index (χ4v) is 2.67. The van der Waals surface area contributed by atoms with Crippen molar-refractivity contribution >= 4 is 0 Å². The molecular weight excluding hydrogens is 152 g/mol. The monoisotopic (exact) mass is 170 g/mol. The molecule has 1 saturated heterocycles. The van der Waals surface area contributed by atoms with Crippen LogP contribution in [0, 0.1) is 5.41 Å². The molecule has 12 heavy (non-hydrogen) atoms. The van der Waals surface area contributed by atoms with E-state index >= 15 is 0 Å². The molecule has 0 aromatic rings. The Kier molecular flexibility index (Phi) is 1.33. The van der Waals surface area contributed by atoms with E-state index in [1.54, 1.807) is 0 Å². The minimum atomic E-state index is -0.620. The summed E-state index contributed by atoms with van der Waals surface area (Å²) in [6.45, 7) is 8.29. The standard InChI is InChI=1S/C10H18O2/c1-8(2,3)10(11)6-5-7-9(10,4)12-7/h7,11H,5-6H2,1-4H3/t7-,9-,10-/m1/s1. The minimum Gasteiger partial charge on any atom is -0.386 e. The smallest absolute Gasteiger partial charge is 0.121 e. The van der Waals surface area contributed by atoms with E-state index in [1.807, 2.05) is 6.92 Å². The number of hydrogen-bond donors (Lipinski definition) is 1. The van der Waals surface area contributed by atoms with Gasteiger partial charge in [0.15, 0.2) is 0 Å². The Morgan fingerprint density at radius 3 is 2.17 bits per heavy atom. The van der Waals surface area contributed by atoms with Crippen LogP contribution in [0.15, 0.2) is 0 Å². The van der Waals surface area contributed by atoms with Gasteiger partial charge in [-0.05, 0) is 25.2 Å². The van der Waals surface area contributed by atoms with E-state index < -0.39 is 5.60 Å². The lowest BCUT2D eigenvalue weighted by molar-refractivity contribution is -0.113. The number of aliphatic hydroxyl groups is 1. The number of rotatable bonds is 0. The van der Waals surface area contributed by atoms with Gasteiger partial charge in [0.2, 0.25) is 0 Å².